The van der Waals surface area contributed by atoms with Crippen LogP contribution in [0.1, 0.15) is 32.3 Å². The van der Waals surface area contributed by atoms with Crippen molar-refractivity contribution in [2.45, 2.75) is 32.1 Å². The first-order valence-corrected chi connectivity index (χ1v) is 7.22. The van der Waals surface area contributed by atoms with Gasteiger partial charge in [0.1, 0.15) is 5.75 Å². The summed E-state index contributed by atoms with van der Waals surface area (Å²) in [5, 5.41) is 2.97. The minimum atomic E-state index is -0.0192. The fourth-order valence-corrected chi connectivity index (χ4v) is 2.69. The van der Waals surface area contributed by atoms with Gasteiger partial charge in [0.05, 0.1) is 6.61 Å². The molecule has 0 unspecified atom stereocenters. The zero-order valence-corrected chi connectivity index (χ0v) is 12.3. The average Bonchev–Trinajstić information content (AvgIpc) is 2.47. The predicted octanol–water partition coefficient (Wildman–Crippen LogP) is 2.27. The van der Waals surface area contributed by atoms with E-state index in [1.54, 1.807) is 6.92 Å². The van der Waals surface area contributed by atoms with Gasteiger partial charge in [-0.15, -0.1) is 0 Å². The molecule has 0 atom stereocenters. The van der Waals surface area contributed by atoms with Gasteiger partial charge in [0.15, 0.2) is 0 Å². The summed E-state index contributed by atoms with van der Waals surface area (Å²) in [5.41, 5.74) is 1.23. The van der Waals surface area contributed by atoms with Crippen molar-refractivity contribution in [1.29, 1.82) is 0 Å². The number of hydrogen-bond acceptors (Lipinski definition) is 3. The summed E-state index contributed by atoms with van der Waals surface area (Å²) in [7, 11) is 0. The molecule has 0 radical (unpaired) electrons. The van der Waals surface area contributed by atoms with E-state index >= 15 is 0 Å². The normalized spacial score (nSPS) is 17.5. The molecule has 1 heterocycles. The van der Waals surface area contributed by atoms with Crippen LogP contribution >= 0.6 is 0 Å². The highest BCUT2D eigenvalue weighted by atomic mass is 16.5. The molecule has 1 fully saturated rings. The lowest BCUT2D eigenvalue weighted by atomic mass is 9.74. The van der Waals surface area contributed by atoms with Crippen LogP contribution in [0.4, 0.5) is 0 Å². The van der Waals surface area contributed by atoms with Gasteiger partial charge in [-0.2, -0.15) is 0 Å². The molecule has 1 aliphatic rings. The summed E-state index contributed by atoms with van der Waals surface area (Å²) in [4.78, 5) is 11.2. The molecule has 1 saturated heterocycles. The Labute approximate surface area is 120 Å². The second-order valence-electron chi connectivity index (χ2n) is 5.26. The maximum absolute atomic E-state index is 11.2. The maximum atomic E-state index is 11.2. The second-order valence-corrected chi connectivity index (χ2v) is 5.26. The van der Waals surface area contributed by atoms with Crippen LogP contribution < -0.4 is 10.1 Å². The minimum absolute atomic E-state index is 0.0156. The predicted molar refractivity (Wildman–Crippen MR) is 78.0 cm³/mol. The van der Waals surface area contributed by atoms with Crippen molar-refractivity contribution in [3.8, 4) is 5.75 Å². The Morgan fingerprint density at radius 2 is 1.95 bits per heavy atom. The second kappa shape index (κ2) is 6.75. The lowest BCUT2D eigenvalue weighted by Gasteiger charge is -2.38. The molecule has 0 aliphatic carbocycles. The molecule has 1 N–H and O–H groups in total. The summed E-state index contributed by atoms with van der Waals surface area (Å²) in [5.74, 6) is 0.903. The lowest BCUT2D eigenvalue weighted by Crippen LogP contribution is -2.44. The van der Waals surface area contributed by atoms with E-state index in [1.807, 2.05) is 19.1 Å². The first-order valence-electron chi connectivity index (χ1n) is 7.22. The smallest absolute Gasteiger partial charge is 0.216 e. The van der Waals surface area contributed by atoms with Gasteiger partial charge < -0.3 is 14.8 Å². The van der Waals surface area contributed by atoms with Crippen molar-refractivity contribution >= 4 is 5.91 Å². The van der Waals surface area contributed by atoms with Crippen LogP contribution in [0.5, 0.6) is 5.75 Å². The number of rotatable bonds is 5. The topological polar surface area (TPSA) is 47.6 Å². The summed E-state index contributed by atoms with van der Waals surface area (Å²) in [6.07, 6.45) is 1.86. The molecule has 1 aromatic rings. The van der Waals surface area contributed by atoms with Gasteiger partial charge in [0, 0.05) is 32.1 Å². The van der Waals surface area contributed by atoms with Gasteiger partial charge in [-0.05, 0) is 37.5 Å². The summed E-state index contributed by atoms with van der Waals surface area (Å²) in [6.45, 7) is 6.36. The number of ether oxygens (including phenoxy) is 2. The highest BCUT2D eigenvalue weighted by Crippen LogP contribution is 2.35. The van der Waals surface area contributed by atoms with Crippen molar-refractivity contribution < 1.29 is 14.3 Å². The SMILES string of the molecule is CCOc1ccc(C2(CNC(C)=O)CCOCC2)cc1. The monoisotopic (exact) mass is 277 g/mol. The highest BCUT2D eigenvalue weighted by Gasteiger charge is 2.34. The molecule has 1 aromatic carbocycles. The van der Waals surface area contributed by atoms with Gasteiger partial charge in [-0.3, -0.25) is 4.79 Å². The van der Waals surface area contributed by atoms with E-state index in [9.17, 15) is 4.79 Å². The summed E-state index contributed by atoms with van der Waals surface area (Å²) in [6, 6.07) is 8.23. The van der Waals surface area contributed by atoms with E-state index in [2.05, 4.69) is 17.4 Å². The van der Waals surface area contributed by atoms with Crippen molar-refractivity contribution in [3.05, 3.63) is 29.8 Å². The van der Waals surface area contributed by atoms with Crippen molar-refractivity contribution in [3.63, 3.8) is 0 Å². The van der Waals surface area contributed by atoms with Crippen LogP contribution in [-0.4, -0.2) is 32.3 Å². The largest absolute Gasteiger partial charge is 0.494 e. The van der Waals surface area contributed by atoms with Crippen LogP contribution in [0.25, 0.3) is 0 Å². The molecule has 0 saturated carbocycles. The average molecular weight is 277 g/mol. The molecule has 20 heavy (non-hydrogen) atoms. The number of benzene rings is 1. The molecular weight excluding hydrogens is 254 g/mol. The minimum Gasteiger partial charge on any atom is -0.494 e. The van der Waals surface area contributed by atoms with Crippen LogP contribution in [0.3, 0.4) is 0 Å². The van der Waals surface area contributed by atoms with E-state index in [-0.39, 0.29) is 11.3 Å². The summed E-state index contributed by atoms with van der Waals surface area (Å²) >= 11 is 0. The van der Waals surface area contributed by atoms with E-state index in [1.165, 1.54) is 5.56 Å². The number of hydrogen-bond donors (Lipinski definition) is 1. The Morgan fingerprint density at radius 3 is 2.50 bits per heavy atom. The standard InChI is InChI=1S/C16H23NO3/c1-3-20-15-6-4-14(5-7-15)16(12-17-13(2)18)8-10-19-11-9-16/h4-7H,3,8-12H2,1-2H3,(H,17,18). The van der Waals surface area contributed by atoms with Gasteiger partial charge in [0.25, 0.3) is 0 Å². The third-order valence-corrected chi connectivity index (χ3v) is 3.90. The van der Waals surface area contributed by atoms with Gasteiger partial charge in [0.2, 0.25) is 5.91 Å². The Bertz CT molecular complexity index is 436. The first-order chi connectivity index (χ1) is 9.66. The molecule has 110 valence electrons. The Balaban J connectivity index is 2.18. The third kappa shape index (κ3) is 3.51. The van der Waals surface area contributed by atoms with Crippen LogP contribution in [0, 0.1) is 0 Å². The zero-order valence-electron chi connectivity index (χ0n) is 12.3. The number of amides is 1. The van der Waals surface area contributed by atoms with E-state index in [0.717, 1.165) is 31.8 Å². The number of carbonyl (C=O) groups is 1. The first kappa shape index (κ1) is 14.9. The molecule has 4 nitrogen and oxygen atoms in total. The third-order valence-electron chi connectivity index (χ3n) is 3.90. The molecule has 2 rings (SSSR count). The van der Waals surface area contributed by atoms with Crippen LogP contribution in [0.2, 0.25) is 0 Å². The zero-order chi connectivity index (χ0) is 14.4. The molecule has 1 amide bonds. The molecular formula is C16H23NO3. The molecule has 0 spiro atoms. The van der Waals surface area contributed by atoms with Crippen molar-refractivity contribution in [1.82, 2.24) is 5.32 Å². The quantitative estimate of drug-likeness (QED) is 0.898. The van der Waals surface area contributed by atoms with E-state index in [4.69, 9.17) is 9.47 Å². The molecule has 1 aliphatic heterocycles. The Kier molecular flexibility index (Phi) is 5.01. The van der Waals surface area contributed by atoms with Gasteiger partial charge in [-0.25, -0.2) is 0 Å². The maximum Gasteiger partial charge on any atom is 0.216 e. The van der Waals surface area contributed by atoms with E-state index < -0.39 is 0 Å². The molecule has 0 bridgehead atoms. The van der Waals surface area contributed by atoms with Crippen LogP contribution in [0.15, 0.2) is 24.3 Å². The number of carbonyl (C=O) groups excluding carboxylic acids is 1. The lowest BCUT2D eigenvalue weighted by molar-refractivity contribution is -0.119. The molecule has 0 aromatic heterocycles. The number of nitrogens with one attached hydrogen (secondary N) is 1. The fourth-order valence-electron chi connectivity index (χ4n) is 2.69. The Morgan fingerprint density at radius 1 is 1.30 bits per heavy atom. The van der Waals surface area contributed by atoms with Gasteiger partial charge >= 0.3 is 0 Å². The van der Waals surface area contributed by atoms with Crippen molar-refractivity contribution in [2.24, 2.45) is 0 Å². The fraction of sp³-hybridized carbons (Fsp3) is 0.562. The highest BCUT2D eigenvalue weighted by molar-refractivity contribution is 5.73. The van der Waals surface area contributed by atoms with E-state index in [0.29, 0.717) is 13.2 Å². The van der Waals surface area contributed by atoms with Crippen LogP contribution in [-0.2, 0) is 14.9 Å². The summed E-state index contributed by atoms with van der Waals surface area (Å²) < 4.78 is 11.0. The Hall–Kier alpha value is -1.55. The van der Waals surface area contributed by atoms with Crippen molar-refractivity contribution in [2.75, 3.05) is 26.4 Å². The van der Waals surface area contributed by atoms with Gasteiger partial charge in [-0.1, -0.05) is 12.1 Å². The molecule has 4 heteroatoms.